The third-order valence-electron chi connectivity index (χ3n) is 7.33. The number of aromatic nitrogens is 4. The Bertz CT molecular complexity index is 1490. The van der Waals surface area contributed by atoms with Crippen molar-refractivity contribution < 1.29 is 29.0 Å². The lowest BCUT2D eigenvalue weighted by Gasteiger charge is -2.33. The third kappa shape index (κ3) is 5.81. The van der Waals surface area contributed by atoms with Crippen molar-refractivity contribution in [2.45, 2.75) is 37.9 Å². The maximum absolute atomic E-state index is 12.7. The van der Waals surface area contributed by atoms with Crippen LogP contribution in [-0.2, 0) is 25.7 Å². The number of aliphatic hydroxyl groups is 1. The zero-order valence-corrected chi connectivity index (χ0v) is 23.8. The summed E-state index contributed by atoms with van der Waals surface area (Å²) in [6, 6.07) is 4.09. The summed E-state index contributed by atoms with van der Waals surface area (Å²) in [6.45, 7) is 3.47. The largest absolute Gasteiger partial charge is 0.483 e. The molecule has 0 bridgehead atoms. The van der Waals surface area contributed by atoms with Crippen LogP contribution in [-0.4, -0.2) is 110 Å². The highest BCUT2D eigenvalue weighted by atomic mass is 35.5. The fourth-order valence-corrected chi connectivity index (χ4v) is 5.15. The van der Waals surface area contributed by atoms with Crippen LogP contribution in [0.2, 0.25) is 5.02 Å². The maximum atomic E-state index is 12.7. The highest BCUT2D eigenvalue weighted by molar-refractivity contribution is 6.30. The average Bonchev–Trinajstić information content (AvgIpc) is 3.55. The second-order valence-electron chi connectivity index (χ2n) is 9.86. The molecule has 2 saturated heterocycles. The molecule has 2 aromatic heterocycles. The van der Waals surface area contributed by atoms with Crippen molar-refractivity contribution in [2.24, 2.45) is 5.73 Å². The van der Waals surface area contributed by atoms with Crippen LogP contribution in [0.1, 0.15) is 18.7 Å². The molecule has 0 spiro atoms. The topological polar surface area (TPSA) is 190 Å². The molecule has 0 unspecified atom stereocenters. The van der Waals surface area contributed by atoms with Gasteiger partial charge in [0.25, 0.3) is 11.8 Å². The quantitative estimate of drug-likeness (QED) is 0.247. The molecule has 16 heteroatoms. The van der Waals surface area contributed by atoms with Gasteiger partial charge in [-0.2, -0.15) is 0 Å². The number of piperazine rings is 1. The van der Waals surface area contributed by atoms with Gasteiger partial charge in [0, 0.05) is 43.8 Å². The summed E-state index contributed by atoms with van der Waals surface area (Å²) >= 11 is 6.25. The lowest BCUT2D eigenvalue weighted by Crippen LogP contribution is -2.53. The number of nitrogens with two attached hydrogens (primary N) is 1. The molecule has 4 atom stereocenters. The number of hydrogen-bond donors (Lipinski definition) is 4. The van der Waals surface area contributed by atoms with E-state index in [1.165, 1.54) is 29.2 Å². The predicted molar refractivity (Wildman–Crippen MR) is 150 cm³/mol. The third-order valence-corrected chi connectivity index (χ3v) is 7.57. The van der Waals surface area contributed by atoms with E-state index in [-0.39, 0.29) is 31.5 Å². The average molecular weight is 602 g/mol. The molecule has 0 saturated carbocycles. The number of imidazole rings is 1. The van der Waals surface area contributed by atoms with Crippen LogP contribution in [0.15, 0.2) is 30.9 Å². The molecule has 15 nitrogen and oxygen atoms in total. The molecule has 2 fully saturated rings. The molecule has 2 aliphatic heterocycles. The number of anilines is 1. The van der Waals surface area contributed by atoms with E-state index >= 15 is 0 Å². The standard InChI is InChI=1S/C26H32ClN9O6/c1-3-34-6-7-35(10-17(34)37)18(38)11-41-16-5-4-15(27)8-14(16)9-30-23-20-24(32-12-31-23)36(13-33-20)26-21(39)19(28)22(42-26)25(40)29-2/h4-5,8,12-13,19,21-22,26,39H,3,6-7,9-11,28H2,1-2H3,(H,29,40)(H,30,31,32)/t19-,21+,22-,26+/m0/s1. The molecular formula is C26H32ClN9O6. The summed E-state index contributed by atoms with van der Waals surface area (Å²) < 4.78 is 13.1. The van der Waals surface area contributed by atoms with Gasteiger partial charge in [-0.25, -0.2) is 15.0 Å². The summed E-state index contributed by atoms with van der Waals surface area (Å²) in [5, 5.41) is 16.8. The molecule has 0 aliphatic carbocycles. The number of aliphatic hydroxyl groups excluding tert-OH is 1. The Balaban J connectivity index is 1.28. The Morgan fingerprint density at radius 1 is 1.26 bits per heavy atom. The number of amides is 3. The molecule has 224 valence electrons. The Morgan fingerprint density at radius 3 is 2.81 bits per heavy atom. The number of likely N-dealkylation sites (N-methyl/N-ethyl adjacent to an activating group) is 2. The first-order valence-corrected chi connectivity index (χ1v) is 13.8. The molecule has 4 heterocycles. The van der Waals surface area contributed by atoms with Crippen molar-refractivity contribution in [3.8, 4) is 5.75 Å². The number of ether oxygens (including phenoxy) is 2. The molecule has 42 heavy (non-hydrogen) atoms. The van der Waals surface area contributed by atoms with E-state index in [9.17, 15) is 19.5 Å². The number of carbonyl (C=O) groups excluding carboxylic acids is 3. The lowest BCUT2D eigenvalue weighted by atomic mass is 10.1. The minimum Gasteiger partial charge on any atom is -0.483 e. The maximum Gasteiger partial charge on any atom is 0.261 e. The number of benzene rings is 1. The second-order valence-corrected chi connectivity index (χ2v) is 10.3. The summed E-state index contributed by atoms with van der Waals surface area (Å²) in [5.41, 5.74) is 7.43. The van der Waals surface area contributed by atoms with Gasteiger partial charge in [0.15, 0.2) is 35.9 Å². The Morgan fingerprint density at radius 2 is 2.07 bits per heavy atom. The van der Waals surface area contributed by atoms with Crippen LogP contribution in [0.4, 0.5) is 5.82 Å². The van der Waals surface area contributed by atoms with E-state index in [2.05, 4.69) is 25.6 Å². The van der Waals surface area contributed by atoms with Crippen LogP contribution in [0, 0.1) is 0 Å². The molecule has 3 aromatic rings. The fourth-order valence-electron chi connectivity index (χ4n) is 4.96. The molecule has 5 N–H and O–H groups in total. The zero-order valence-electron chi connectivity index (χ0n) is 23.1. The molecular weight excluding hydrogens is 570 g/mol. The highest BCUT2D eigenvalue weighted by Crippen LogP contribution is 2.32. The van der Waals surface area contributed by atoms with Gasteiger partial charge in [0.1, 0.15) is 18.2 Å². The van der Waals surface area contributed by atoms with Gasteiger partial charge >= 0.3 is 0 Å². The van der Waals surface area contributed by atoms with Crippen LogP contribution < -0.4 is 21.1 Å². The van der Waals surface area contributed by atoms with Gasteiger partial charge in [0.2, 0.25) is 5.91 Å². The van der Waals surface area contributed by atoms with E-state index in [4.69, 9.17) is 26.8 Å². The first kappa shape index (κ1) is 29.4. The SMILES string of the molecule is CCN1CCN(C(=O)COc2ccc(Cl)cc2CNc2ncnc3c2ncn3[C@@H]2O[C@H](C(=O)NC)[C@@H](N)[C@H]2O)CC1=O. The summed E-state index contributed by atoms with van der Waals surface area (Å²) in [6.07, 6.45) is -0.448. The van der Waals surface area contributed by atoms with Crippen molar-refractivity contribution >= 4 is 46.3 Å². The van der Waals surface area contributed by atoms with Gasteiger partial charge in [-0.15, -0.1) is 0 Å². The van der Waals surface area contributed by atoms with E-state index in [0.29, 0.717) is 53.0 Å². The van der Waals surface area contributed by atoms with Gasteiger partial charge in [0.05, 0.1) is 18.9 Å². The molecule has 3 amide bonds. The van der Waals surface area contributed by atoms with E-state index in [0.717, 1.165) is 0 Å². The van der Waals surface area contributed by atoms with Crippen LogP contribution >= 0.6 is 11.6 Å². The molecule has 2 aliphatic rings. The molecule has 1 aromatic carbocycles. The Kier molecular flexibility index (Phi) is 8.72. The van der Waals surface area contributed by atoms with E-state index < -0.39 is 30.4 Å². The fraction of sp³-hybridized carbons (Fsp3) is 0.462. The van der Waals surface area contributed by atoms with E-state index in [1.807, 2.05) is 6.92 Å². The predicted octanol–water partition coefficient (Wildman–Crippen LogP) is -0.507. The monoisotopic (exact) mass is 601 g/mol. The van der Waals surface area contributed by atoms with Crippen molar-refractivity contribution in [3.05, 3.63) is 41.4 Å². The zero-order chi connectivity index (χ0) is 30.0. The summed E-state index contributed by atoms with van der Waals surface area (Å²) in [5.74, 6) is -0.000765. The second kappa shape index (κ2) is 12.4. The first-order chi connectivity index (χ1) is 20.2. The van der Waals surface area contributed by atoms with Crippen LogP contribution in [0.5, 0.6) is 5.75 Å². The molecule has 0 radical (unpaired) electrons. The summed E-state index contributed by atoms with van der Waals surface area (Å²) in [7, 11) is 1.46. The lowest BCUT2D eigenvalue weighted by molar-refractivity contribution is -0.146. The number of hydrogen-bond acceptors (Lipinski definition) is 11. The minimum absolute atomic E-state index is 0.0305. The normalized spacial score (nSPS) is 22.5. The first-order valence-electron chi connectivity index (χ1n) is 13.4. The number of nitrogens with one attached hydrogen (secondary N) is 2. The van der Waals surface area contributed by atoms with Gasteiger partial charge in [-0.3, -0.25) is 19.0 Å². The Hall–Kier alpha value is -4.05. The number of rotatable bonds is 9. The van der Waals surface area contributed by atoms with Crippen LogP contribution in [0.25, 0.3) is 11.2 Å². The number of fused-ring (bicyclic) bond motifs is 1. The van der Waals surface area contributed by atoms with Gasteiger partial charge < -0.3 is 40.7 Å². The smallest absolute Gasteiger partial charge is 0.261 e. The number of carbonyl (C=O) groups is 3. The number of halogens is 1. The summed E-state index contributed by atoms with van der Waals surface area (Å²) in [4.78, 5) is 53.3. The minimum atomic E-state index is -1.18. The Labute approximate surface area is 245 Å². The number of nitrogens with zero attached hydrogens (tertiary/aromatic N) is 6. The van der Waals surface area contributed by atoms with Gasteiger partial charge in [-0.05, 0) is 25.1 Å². The van der Waals surface area contributed by atoms with Gasteiger partial charge in [-0.1, -0.05) is 11.6 Å². The van der Waals surface area contributed by atoms with Crippen molar-refractivity contribution in [1.82, 2.24) is 34.6 Å². The van der Waals surface area contributed by atoms with Crippen LogP contribution in [0.3, 0.4) is 0 Å². The van der Waals surface area contributed by atoms with E-state index in [1.54, 1.807) is 23.1 Å². The van der Waals surface area contributed by atoms with Crippen molar-refractivity contribution in [3.63, 3.8) is 0 Å². The van der Waals surface area contributed by atoms with Crippen molar-refractivity contribution in [2.75, 3.05) is 45.2 Å². The highest BCUT2D eigenvalue weighted by Gasteiger charge is 2.46. The van der Waals surface area contributed by atoms with Crippen molar-refractivity contribution in [1.29, 1.82) is 0 Å². The molecule has 5 rings (SSSR count).